The maximum absolute atomic E-state index is 11.8. The molecule has 1 atom stereocenters. The molecule has 0 saturated carbocycles. The summed E-state index contributed by atoms with van der Waals surface area (Å²) >= 11 is 0. The first-order valence-electron chi connectivity index (χ1n) is 6.98. The van der Waals surface area contributed by atoms with Crippen LogP contribution in [0.25, 0.3) is 0 Å². The number of esters is 1. The summed E-state index contributed by atoms with van der Waals surface area (Å²) in [7, 11) is 3.87. The van der Waals surface area contributed by atoms with Crippen LogP contribution in [-0.4, -0.2) is 28.0 Å². The maximum atomic E-state index is 11.8. The molecular formula is C15H18O4S2. The fourth-order valence-electron chi connectivity index (χ4n) is 2.11. The van der Waals surface area contributed by atoms with Crippen LogP contribution in [0.15, 0.2) is 24.3 Å². The molecule has 1 N–H and O–H groups in total. The van der Waals surface area contributed by atoms with Crippen molar-refractivity contribution in [2.75, 3.05) is 5.75 Å². The lowest BCUT2D eigenvalue weighted by Crippen LogP contribution is -2.11. The molecule has 4 nitrogen and oxygen atoms in total. The average Bonchev–Trinajstić information content (AvgIpc) is 2.97. The third kappa shape index (κ3) is 5.28. The number of carboxylic acid groups (broad SMARTS) is 1. The summed E-state index contributed by atoms with van der Waals surface area (Å²) < 4.78 is 5.15. The zero-order valence-electron chi connectivity index (χ0n) is 11.6. The van der Waals surface area contributed by atoms with Gasteiger partial charge in [-0.1, -0.05) is 40.1 Å². The number of para-hydroxylation sites is 1. The number of aromatic carboxylic acids is 1. The summed E-state index contributed by atoms with van der Waals surface area (Å²) in [6.45, 7) is 0. The van der Waals surface area contributed by atoms with Crippen molar-refractivity contribution in [3.63, 3.8) is 0 Å². The lowest BCUT2D eigenvalue weighted by molar-refractivity contribution is -0.134. The van der Waals surface area contributed by atoms with E-state index in [1.807, 2.05) is 21.6 Å². The highest BCUT2D eigenvalue weighted by molar-refractivity contribution is 8.77. The first kappa shape index (κ1) is 16.2. The van der Waals surface area contributed by atoms with Gasteiger partial charge in [0.15, 0.2) is 0 Å². The van der Waals surface area contributed by atoms with E-state index in [-0.39, 0.29) is 17.3 Å². The van der Waals surface area contributed by atoms with Gasteiger partial charge >= 0.3 is 11.9 Å². The third-order valence-corrected chi connectivity index (χ3v) is 6.23. The molecule has 0 radical (unpaired) electrons. The van der Waals surface area contributed by atoms with Gasteiger partial charge in [0.25, 0.3) is 0 Å². The van der Waals surface area contributed by atoms with E-state index >= 15 is 0 Å². The van der Waals surface area contributed by atoms with Gasteiger partial charge in [0, 0.05) is 17.4 Å². The molecule has 1 aliphatic heterocycles. The van der Waals surface area contributed by atoms with Gasteiger partial charge in [0.2, 0.25) is 0 Å². The van der Waals surface area contributed by atoms with E-state index in [1.54, 1.807) is 12.1 Å². The predicted octanol–water partition coefficient (Wildman–Crippen LogP) is 4.00. The highest BCUT2D eigenvalue weighted by Gasteiger charge is 2.17. The van der Waals surface area contributed by atoms with Crippen molar-refractivity contribution >= 4 is 33.5 Å². The number of carboxylic acids is 1. The van der Waals surface area contributed by atoms with Gasteiger partial charge in [0.1, 0.15) is 11.3 Å². The maximum Gasteiger partial charge on any atom is 0.339 e. The summed E-state index contributed by atoms with van der Waals surface area (Å²) in [4.78, 5) is 22.8. The summed E-state index contributed by atoms with van der Waals surface area (Å²) in [5.74, 6) is -0.104. The fraction of sp³-hybridized carbons (Fsp3) is 0.467. The van der Waals surface area contributed by atoms with Crippen molar-refractivity contribution in [1.29, 1.82) is 0 Å². The van der Waals surface area contributed by atoms with Gasteiger partial charge in [-0.05, 0) is 31.4 Å². The molecular weight excluding hydrogens is 308 g/mol. The Balaban J connectivity index is 1.73. The van der Waals surface area contributed by atoms with Gasteiger partial charge in [-0.15, -0.1) is 0 Å². The summed E-state index contributed by atoms with van der Waals surface area (Å²) in [6.07, 6.45) is 4.52. The summed E-state index contributed by atoms with van der Waals surface area (Å²) in [6, 6.07) is 6.20. The van der Waals surface area contributed by atoms with E-state index in [0.717, 1.165) is 24.5 Å². The van der Waals surface area contributed by atoms with Gasteiger partial charge in [-0.2, -0.15) is 0 Å². The van der Waals surface area contributed by atoms with Crippen LogP contribution in [0, 0.1) is 0 Å². The second-order valence-electron chi connectivity index (χ2n) is 4.85. The van der Waals surface area contributed by atoms with E-state index in [0.29, 0.717) is 6.42 Å². The Bertz CT molecular complexity index is 498. The summed E-state index contributed by atoms with van der Waals surface area (Å²) in [5, 5.41) is 9.74. The van der Waals surface area contributed by atoms with E-state index in [1.165, 1.54) is 24.3 Å². The third-order valence-electron chi connectivity index (χ3n) is 3.23. The van der Waals surface area contributed by atoms with Crippen LogP contribution in [-0.2, 0) is 4.79 Å². The van der Waals surface area contributed by atoms with E-state index in [9.17, 15) is 9.59 Å². The van der Waals surface area contributed by atoms with Crippen LogP contribution in [0.1, 0.15) is 42.5 Å². The minimum absolute atomic E-state index is 0.0187. The number of hydrogen-bond donors (Lipinski definition) is 1. The zero-order valence-corrected chi connectivity index (χ0v) is 13.3. The van der Waals surface area contributed by atoms with Gasteiger partial charge in [0.05, 0.1) is 0 Å². The van der Waals surface area contributed by atoms with E-state index in [2.05, 4.69) is 0 Å². The van der Waals surface area contributed by atoms with Crippen molar-refractivity contribution in [3.05, 3.63) is 29.8 Å². The normalized spacial score (nSPS) is 17.6. The average molecular weight is 326 g/mol. The molecule has 1 aliphatic rings. The molecule has 1 aromatic rings. The van der Waals surface area contributed by atoms with Crippen LogP contribution in [0.4, 0.5) is 0 Å². The van der Waals surface area contributed by atoms with Crippen LogP contribution < -0.4 is 4.74 Å². The minimum Gasteiger partial charge on any atom is -0.478 e. The molecule has 114 valence electrons. The van der Waals surface area contributed by atoms with Crippen molar-refractivity contribution in [2.45, 2.75) is 37.4 Å². The molecule has 0 aliphatic carbocycles. The fourth-order valence-corrected chi connectivity index (χ4v) is 5.14. The Morgan fingerprint density at radius 2 is 2.10 bits per heavy atom. The Morgan fingerprint density at radius 1 is 1.29 bits per heavy atom. The first-order chi connectivity index (χ1) is 10.2. The quantitative estimate of drug-likeness (QED) is 0.353. The SMILES string of the molecule is O=C(CCCCC1CCSS1)Oc1ccccc1C(=O)O. The zero-order chi connectivity index (χ0) is 15.1. The van der Waals surface area contributed by atoms with Crippen molar-refractivity contribution < 1.29 is 19.4 Å². The number of benzene rings is 1. The molecule has 0 aromatic heterocycles. The van der Waals surface area contributed by atoms with E-state index < -0.39 is 5.97 Å². The predicted molar refractivity (Wildman–Crippen MR) is 86.0 cm³/mol. The lowest BCUT2D eigenvalue weighted by atomic mass is 10.1. The van der Waals surface area contributed by atoms with Crippen molar-refractivity contribution in [1.82, 2.24) is 0 Å². The highest BCUT2D eigenvalue weighted by Crippen LogP contribution is 2.39. The van der Waals surface area contributed by atoms with Gasteiger partial charge in [-0.3, -0.25) is 4.79 Å². The largest absolute Gasteiger partial charge is 0.478 e. The molecule has 6 heteroatoms. The van der Waals surface area contributed by atoms with Crippen LogP contribution in [0.3, 0.4) is 0 Å². The van der Waals surface area contributed by atoms with Gasteiger partial charge in [-0.25, -0.2) is 4.79 Å². The van der Waals surface area contributed by atoms with Crippen molar-refractivity contribution in [3.8, 4) is 5.75 Å². The number of ether oxygens (including phenoxy) is 1. The number of carbonyl (C=O) groups is 2. The van der Waals surface area contributed by atoms with Crippen LogP contribution in [0.5, 0.6) is 5.75 Å². The Hall–Kier alpha value is -1.14. The number of hydrogen-bond acceptors (Lipinski definition) is 5. The number of rotatable bonds is 7. The Kier molecular flexibility index (Phi) is 6.45. The lowest BCUT2D eigenvalue weighted by Gasteiger charge is -2.08. The van der Waals surface area contributed by atoms with Crippen molar-refractivity contribution in [2.24, 2.45) is 0 Å². The second kappa shape index (κ2) is 8.34. The molecule has 0 amide bonds. The highest BCUT2D eigenvalue weighted by atomic mass is 33.1. The number of unbranched alkanes of at least 4 members (excludes halogenated alkanes) is 1. The minimum atomic E-state index is -1.09. The standard InChI is InChI=1S/C15H18O4S2/c16-14(8-4-1-5-11-9-10-20-21-11)19-13-7-3-2-6-12(13)15(17)18/h2-3,6-7,11H,1,4-5,8-10H2,(H,17,18). The van der Waals surface area contributed by atoms with Crippen LogP contribution >= 0.6 is 21.6 Å². The summed E-state index contributed by atoms with van der Waals surface area (Å²) in [5.41, 5.74) is 0.0187. The molecule has 21 heavy (non-hydrogen) atoms. The first-order valence-corrected chi connectivity index (χ1v) is 9.36. The van der Waals surface area contributed by atoms with Crippen LogP contribution in [0.2, 0.25) is 0 Å². The molecule has 0 bridgehead atoms. The molecule has 2 rings (SSSR count). The molecule has 1 heterocycles. The monoisotopic (exact) mass is 326 g/mol. The smallest absolute Gasteiger partial charge is 0.339 e. The molecule has 1 saturated heterocycles. The Labute approximate surface area is 132 Å². The van der Waals surface area contributed by atoms with E-state index in [4.69, 9.17) is 9.84 Å². The molecule has 1 fully saturated rings. The molecule has 0 spiro atoms. The molecule has 1 unspecified atom stereocenters. The Morgan fingerprint density at radius 3 is 2.81 bits per heavy atom. The van der Waals surface area contributed by atoms with Gasteiger partial charge < -0.3 is 9.84 Å². The topological polar surface area (TPSA) is 63.6 Å². The molecule has 1 aromatic carbocycles. The number of carbonyl (C=O) groups excluding carboxylic acids is 1. The second-order valence-corrected chi connectivity index (χ2v) is 7.64.